The Labute approximate surface area is 128 Å². The van der Waals surface area contributed by atoms with Gasteiger partial charge in [0.25, 0.3) is 0 Å². The molecule has 22 heavy (non-hydrogen) atoms. The minimum absolute atomic E-state index is 0.259. The number of hydrogen-bond acceptors (Lipinski definition) is 3. The summed E-state index contributed by atoms with van der Waals surface area (Å²) >= 11 is 0. The van der Waals surface area contributed by atoms with E-state index in [2.05, 4.69) is 5.32 Å². The molecule has 0 saturated carbocycles. The van der Waals surface area contributed by atoms with E-state index in [-0.39, 0.29) is 5.75 Å². The summed E-state index contributed by atoms with van der Waals surface area (Å²) in [5.74, 6) is 0.259. The zero-order valence-electron chi connectivity index (χ0n) is 11.9. The minimum atomic E-state index is 0.259. The Morgan fingerprint density at radius 2 is 1.41 bits per heavy atom. The van der Waals surface area contributed by atoms with Crippen LogP contribution in [0.1, 0.15) is 10.4 Å². The molecule has 3 heteroatoms. The molecule has 0 aliphatic carbocycles. The number of carbonyl (C=O) groups is 1. The highest BCUT2D eigenvalue weighted by molar-refractivity contribution is 5.76. The largest absolute Gasteiger partial charge is 0.508 e. The van der Waals surface area contributed by atoms with Crippen LogP contribution < -0.4 is 5.32 Å². The Hall–Kier alpha value is -3.07. The summed E-state index contributed by atoms with van der Waals surface area (Å²) in [5.41, 5.74) is 4.56. The second-order valence-electron chi connectivity index (χ2n) is 4.99. The van der Waals surface area contributed by atoms with Gasteiger partial charge in [-0.1, -0.05) is 24.3 Å². The Kier molecular flexibility index (Phi) is 3.88. The molecule has 0 atom stereocenters. The van der Waals surface area contributed by atoms with Crippen molar-refractivity contribution in [3.63, 3.8) is 0 Å². The van der Waals surface area contributed by atoms with Crippen LogP contribution in [-0.4, -0.2) is 11.4 Å². The van der Waals surface area contributed by atoms with Gasteiger partial charge in [-0.15, -0.1) is 0 Å². The molecule has 0 unspecified atom stereocenters. The first-order valence-corrected chi connectivity index (χ1v) is 6.96. The number of phenols is 1. The van der Waals surface area contributed by atoms with Gasteiger partial charge in [-0.2, -0.15) is 0 Å². The zero-order chi connectivity index (χ0) is 15.4. The maximum absolute atomic E-state index is 10.6. The summed E-state index contributed by atoms with van der Waals surface area (Å²) in [4.78, 5) is 10.6. The maximum Gasteiger partial charge on any atom is 0.150 e. The van der Waals surface area contributed by atoms with Crippen LogP contribution in [0.4, 0.5) is 11.4 Å². The first-order chi connectivity index (χ1) is 10.7. The summed E-state index contributed by atoms with van der Waals surface area (Å²) in [6, 6.07) is 22.4. The van der Waals surface area contributed by atoms with Gasteiger partial charge in [-0.25, -0.2) is 0 Å². The van der Waals surface area contributed by atoms with Crippen LogP contribution in [-0.2, 0) is 0 Å². The molecule has 0 amide bonds. The summed E-state index contributed by atoms with van der Waals surface area (Å²) in [6.07, 6.45) is 0.827. The van der Waals surface area contributed by atoms with Gasteiger partial charge in [0.15, 0.2) is 0 Å². The number of aromatic hydroxyl groups is 1. The highest BCUT2D eigenvalue weighted by Gasteiger charge is 2.00. The summed E-state index contributed by atoms with van der Waals surface area (Å²) < 4.78 is 0. The van der Waals surface area contributed by atoms with Crippen molar-refractivity contribution in [2.24, 2.45) is 0 Å². The normalized spacial score (nSPS) is 10.2. The number of benzene rings is 3. The van der Waals surface area contributed by atoms with Crippen molar-refractivity contribution in [1.82, 2.24) is 0 Å². The molecule has 0 radical (unpaired) electrons. The first-order valence-electron chi connectivity index (χ1n) is 6.96. The van der Waals surface area contributed by atoms with Gasteiger partial charge in [0, 0.05) is 16.9 Å². The monoisotopic (exact) mass is 289 g/mol. The number of phenolic OH excluding ortho intramolecular Hbond substituents is 1. The molecule has 0 aliphatic rings. The number of rotatable bonds is 4. The van der Waals surface area contributed by atoms with Crippen molar-refractivity contribution < 1.29 is 9.90 Å². The molecule has 0 spiro atoms. The third-order valence-corrected chi connectivity index (χ3v) is 3.40. The predicted molar refractivity (Wildman–Crippen MR) is 88.7 cm³/mol. The Bertz CT molecular complexity index is 777. The SMILES string of the molecule is O=Cc1ccc(Nc2ccc(-c3cccc(O)c3)cc2)cc1. The topological polar surface area (TPSA) is 49.3 Å². The van der Waals surface area contributed by atoms with Crippen molar-refractivity contribution in [1.29, 1.82) is 0 Å². The smallest absolute Gasteiger partial charge is 0.150 e. The van der Waals surface area contributed by atoms with Crippen molar-refractivity contribution in [2.75, 3.05) is 5.32 Å². The molecule has 3 nitrogen and oxygen atoms in total. The second-order valence-corrected chi connectivity index (χ2v) is 4.99. The van der Waals surface area contributed by atoms with E-state index in [0.29, 0.717) is 5.56 Å². The van der Waals surface area contributed by atoms with Gasteiger partial charge >= 0.3 is 0 Å². The van der Waals surface area contributed by atoms with E-state index in [1.165, 1.54) is 0 Å². The lowest BCUT2D eigenvalue weighted by atomic mass is 10.1. The first kappa shape index (κ1) is 13.9. The molecule has 0 heterocycles. The fourth-order valence-electron chi connectivity index (χ4n) is 2.24. The van der Waals surface area contributed by atoms with Gasteiger partial charge in [0.05, 0.1) is 0 Å². The molecule has 3 rings (SSSR count). The number of carbonyl (C=O) groups excluding carboxylic acids is 1. The number of nitrogens with one attached hydrogen (secondary N) is 1. The van der Waals surface area contributed by atoms with Crippen molar-refractivity contribution in [3.05, 3.63) is 78.4 Å². The summed E-state index contributed by atoms with van der Waals surface area (Å²) in [5, 5.41) is 12.8. The van der Waals surface area contributed by atoms with E-state index in [0.717, 1.165) is 28.8 Å². The van der Waals surface area contributed by atoms with E-state index in [1.807, 2.05) is 48.5 Å². The van der Waals surface area contributed by atoms with Crippen LogP contribution in [0, 0.1) is 0 Å². The number of anilines is 2. The van der Waals surface area contributed by atoms with E-state index in [1.54, 1.807) is 24.3 Å². The Balaban J connectivity index is 1.77. The highest BCUT2D eigenvalue weighted by atomic mass is 16.3. The van der Waals surface area contributed by atoms with Gasteiger partial charge in [0.1, 0.15) is 12.0 Å². The van der Waals surface area contributed by atoms with Crippen LogP contribution >= 0.6 is 0 Å². The van der Waals surface area contributed by atoms with Crippen LogP contribution in [0.2, 0.25) is 0 Å². The van der Waals surface area contributed by atoms with E-state index in [4.69, 9.17) is 0 Å². The quantitative estimate of drug-likeness (QED) is 0.689. The minimum Gasteiger partial charge on any atom is -0.508 e. The molecule has 0 aliphatic heterocycles. The van der Waals surface area contributed by atoms with Crippen molar-refractivity contribution in [2.45, 2.75) is 0 Å². The van der Waals surface area contributed by atoms with Crippen LogP contribution in [0.25, 0.3) is 11.1 Å². The lowest BCUT2D eigenvalue weighted by Gasteiger charge is -2.08. The molecule has 0 saturated heterocycles. The molecule has 3 aromatic carbocycles. The second kappa shape index (κ2) is 6.14. The fraction of sp³-hybridized carbons (Fsp3) is 0. The summed E-state index contributed by atoms with van der Waals surface area (Å²) in [6.45, 7) is 0. The van der Waals surface area contributed by atoms with Crippen molar-refractivity contribution >= 4 is 17.7 Å². The van der Waals surface area contributed by atoms with E-state index in [9.17, 15) is 9.90 Å². The highest BCUT2D eigenvalue weighted by Crippen LogP contribution is 2.25. The number of hydrogen-bond donors (Lipinski definition) is 2. The molecular weight excluding hydrogens is 274 g/mol. The lowest BCUT2D eigenvalue weighted by Crippen LogP contribution is -1.90. The van der Waals surface area contributed by atoms with Crippen LogP contribution in [0.3, 0.4) is 0 Å². The van der Waals surface area contributed by atoms with Gasteiger partial charge in [0.2, 0.25) is 0 Å². The average Bonchev–Trinajstić information content (AvgIpc) is 2.56. The van der Waals surface area contributed by atoms with Gasteiger partial charge in [-0.3, -0.25) is 4.79 Å². The standard InChI is InChI=1S/C19H15NO2/c21-13-14-4-8-17(9-5-14)20-18-10-6-15(7-11-18)16-2-1-3-19(22)12-16/h1-13,20,22H. The average molecular weight is 289 g/mol. The molecule has 108 valence electrons. The van der Waals surface area contributed by atoms with E-state index < -0.39 is 0 Å². The molecule has 0 fully saturated rings. The molecule has 2 N–H and O–H groups in total. The molecule has 0 aromatic heterocycles. The molecule has 0 bridgehead atoms. The molecular formula is C19H15NO2. The third kappa shape index (κ3) is 3.15. The maximum atomic E-state index is 10.6. The van der Waals surface area contributed by atoms with Gasteiger partial charge < -0.3 is 10.4 Å². The Morgan fingerprint density at radius 1 is 0.773 bits per heavy atom. The predicted octanol–water partition coefficient (Wildman–Crippen LogP) is 4.62. The molecule has 3 aromatic rings. The third-order valence-electron chi connectivity index (χ3n) is 3.40. The van der Waals surface area contributed by atoms with Crippen molar-refractivity contribution in [3.8, 4) is 16.9 Å². The zero-order valence-corrected chi connectivity index (χ0v) is 11.9. The number of aldehydes is 1. The van der Waals surface area contributed by atoms with Gasteiger partial charge in [-0.05, 0) is 59.7 Å². The lowest BCUT2D eigenvalue weighted by molar-refractivity contribution is 0.112. The Morgan fingerprint density at radius 3 is 2.00 bits per heavy atom. The fourth-order valence-corrected chi connectivity index (χ4v) is 2.24. The van der Waals surface area contributed by atoms with E-state index >= 15 is 0 Å². The summed E-state index contributed by atoms with van der Waals surface area (Å²) in [7, 11) is 0. The van der Waals surface area contributed by atoms with Crippen LogP contribution in [0.15, 0.2) is 72.8 Å². The van der Waals surface area contributed by atoms with Crippen LogP contribution in [0.5, 0.6) is 5.75 Å².